The van der Waals surface area contributed by atoms with Gasteiger partial charge in [0.2, 0.25) is 0 Å². The van der Waals surface area contributed by atoms with Crippen LogP contribution in [0.1, 0.15) is 99.1 Å². The number of carbonyl (C=O) groups excluding carboxylic acids is 1. The van der Waals surface area contributed by atoms with E-state index in [4.69, 9.17) is 4.98 Å². The summed E-state index contributed by atoms with van der Waals surface area (Å²) in [7, 11) is 0. The number of fused-ring (bicyclic) bond motifs is 5. The summed E-state index contributed by atoms with van der Waals surface area (Å²) in [5.41, 5.74) is 4.40. The first-order chi connectivity index (χ1) is 20.5. The Balaban J connectivity index is 0.000000316. The Morgan fingerprint density at radius 2 is 1.31 bits per heavy atom. The summed E-state index contributed by atoms with van der Waals surface area (Å²) in [5.74, 6) is 1.10. The number of allylic oxidation sites excluding steroid dienone is 2. The summed E-state index contributed by atoms with van der Waals surface area (Å²) in [6.07, 6.45) is 1.94. The topological polar surface area (TPSA) is 50.2 Å². The molecule has 0 saturated carbocycles. The third-order valence-corrected chi connectivity index (χ3v) is 8.21. The van der Waals surface area contributed by atoms with Gasteiger partial charge in [0, 0.05) is 42.7 Å². The van der Waals surface area contributed by atoms with Gasteiger partial charge >= 0.3 is 0 Å². The van der Waals surface area contributed by atoms with Gasteiger partial charge in [0.25, 0.3) is 0 Å². The standard InChI is InChI=1S/C29H26N.C12H22O2.Ir/c1-18(2)21-15-22(19(3)4)17-23(16-21)29-28-12-11-25-24-8-6-5-7-20(24)9-10-26(25)27(28)13-14-30-29;1-8(9(13)11(2,3)4)10(14)12(5,6)7;/h5-16,18-19H,1-4H3;13H,1-7H3;/q-1;;/b;9-8-;. The zero-order valence-corrected chi connectivity index (χ0v) is 31.1. The van der Waals surface area contributed by atoms with E-state index in [0.29, 0.717) is 17.4 Å². The number of rotatable bonds is 4. The molecule has 0 saturated heterocycles. The SMILES string of the molecule is C/C(C(=O)C(C)(C)C)=C(/O)C(C)(C)C.CC(C)c1[c-]c(-c2nccc3c2ccc2c4ccccc4ccc32)cc(C(C)C)c1.[Ir]. The van der Waals surface area contributed by atoms with Gasteiger partial charge in [0.1, 0.15) is 5.76 Å². The van der Waals surface area contributed by atoms with Crippen LogP contribution >= 0.6 is 0 Å². The minimum Gasteiger partial charge on any atom is -0.511 e. The molecule has 1 aromatic heterocycles. The van der Waals surface area contributed by atoms with E-state index in [2.05, 4.69) is 100 Å². The molecule has 1 heterocycles. The number of aliphatic hydroxyl groups is 1. The van der Waals surface area contributed by atoms with Gasteiger partial charge in [-0.2, -0.15) is 0 Å². The Kier molecular flexibility index (Phi) is 11.2. The van der Waals surface area contributed by atoms with Gasteiger partial charge in [-0.15, -0.1) is 34.9 Å². The Bertz CT molecular complexity index is 1840. The van der Waals surface area contributed by atoms with Crippen LogP contribution in [0, 0.1) is 16.9 Å². The van der Waals surface area contributed by atoms with Gasteiger partial charge in [0.05, 0.1) is 0 Å². The summed E-state index contributed by atoms with van der Waals surface area (Å²) < 4.78 is 0. The van der Waals surface area contributed by atoms with Crippen molar-refractivity contribution in [3.05, 3.63) is 101 Å². The number of carbonyl (C=O) groups is 1. The average molecular weight is 779 g/mol. The van der Waals surface area contributed by atoms with Crippen LogP contribution in [0.3, 0.4) is 0 Å². The van der Waals surface area contributed by atoms with Crippen molar-refractivity contribution in [2.45, 2.75) is 88.0 Å². The summed E-state index contributed by atoms with van der Waals surface area (Å²) in [4.78, 5) is 16.7. The van der Waals surface area contributed by atoms with Gasteiger partial charge in [-0.3, -0.25) is 4.79 Å². The number of benzene rings is 4. The molecule has 0 aliphatic carbocycles. The van der Waals surface area contributed by atoms with Crippen LogP contribution in [0.2, 0.25) is 0 Å². The molecule has 45 heavy (non-hydrogen) atoms. The quantitative estimate of drug-likeness (QED) is 0.0855. The number of nitrogens with zero attached hydrogens (tertiary/aromatic N) is 1. The Morgan fingerprint density at radius 1 is 0.733 bits per heavy atom. The van der Waals surface area contributed by atoms with Crippen molar-refractivity contribution in [2.75, 3.05) is 0 Å². The monoisotopic (exact) mass is 779 g/mol. The molecule has 5 rings (SSSR count). The predicted molar refractivity (Wildman–Crippen MR) is 188 cm³/mol. The van der Waals surface area contributed by atoms with Crippen LogP contribution in [0.4, 0.5) is 0 Å². The maximum absolute atomic E-state index is 11.8. The van der Waals surface area contributed by atoms with Gasteiger partial charge in [-0.1, -0.05) is 118 Å². The van der Waals surface area contributed by atoms with E-state index in [1.54, 1.807) is 6.92 Å². The first-order valence-corrected chi connectivity index (χ1v) is 15.7. The van der Waals surface area contributed by atoms with Gasteiger partial charge in [0.15, 0.2) is 5.78 Å². The molecule has 0 amide bonds. The Labute approximate surface area is 283 Å². The van der Waals surface area contributed by atoms with E-state index in [1.807, 2.05) is 47.7 Å². The second kappa shape index (κ2) is 14.0. The van der Waals surface area contributed by atoms with Crippen LogP contribution in [0.25, 0.3) is 43.6 Å². The normalized spacial score (nSPS) is 12.6. The van der Waals surface area contributed by atoms with Crippen molar-refractivity contribution in [2.24, 2.45) is 10.8 Å². The van der Waals surface area contributed by atoms with Crippen molar-refractivity contribution in [1.82, 2.24) is 4.98 Å². The minimum atomic E-state index is -0.427. The van der Waals surface area contributed by atoms with Crippen LogP contribution in [0.5, 0.6) is 0 Å². The van der Waals surface area contributed by atoms with E-state index < -0.39 is 5.41 Å². The number of hydrogen-bond donors (Lipinski definition) is 1. The first kappa shape index (κ1) is 36.1. The second-order valence-corrected chi connectivity index (χ2v) is 14.6. The Morgan fingerprint density at radius 3 is 1.91 bits per heavy atom. The zero-order valence-electron chi connectivity index (χ0n) is 28.7. The molecule has 0 unspecified atom stereocenters. The molecule has 3 nitrogen and oxygen atoms in total. The fraction of sp³-hybridized carbons (Fsp3) is 0.366. The van der Waals surface area contributed by atoms with Crippen molar-refractivity contribution in [3.8, 4) is 11.3 Å². The van der Waals surface area contributed by atoms with E-state index in [-0.39, 0.29) is 37.1 Å². The second-order valence-electron chi connectivity index (χ2n) is 14.6. The van der Waals surface area contributed by atoms with Crippen LogP contribution in [0.15, 0.2) is 84.3 Å². The van der Waals surface area contributed by atoms with Gasteiger partial charge in [-0.25, -0.2) is 0 Å². The van der Waals surface area contributed by atoms with Gasteiger partial charge < -0.3 is 10.1 Å². The summed E-state index contributed by atoms with van der Waals surface area (Å²) in [5, 5.41) is 17.4. The molecule has 5 aromatic rings. The van der Waals surface area contributed by atoms with Crippen LogP contribution in [-0.4, -0.2) is 15.9 Å². The maximum Gasteiger partial charge on any atom is 0.167 e. The molecule has 0 atom stereocenters. The molecule has 1 N–H and O–H groups in total. The third kappa shape index (κ3) is 7.91. The molecule has 0 bridgehead atoms. The van der Waals surface area contributed by atoms with Crippen molar-refractivity contribution >= 4 is 38.1 Å². The maximum atomic E-state index is 11.8. The summed E-state index contributed by atoms with van der Waals surface area (Å²) in [6.45, 7) is 21.9. The minimum absolute atomic E-state index is 0. The molecule has 0 aliphatic rings. The van der Waals surface area contributed by atoms with E-state index in [0.717, 1.165) is 11.3 Å². The average Bonchev–Trinajstić information content (AvgIpc) is 2.98. The van der Waals surface area contributed by atoms with Crippen molar-refractivity contribution in [1.29, 1.82) is 0 Å². The first-order valence-electron chi connectivity index (χ1n) is 15.7. The number of Topliss-reactive ketones (excluding diaryl/α,β-unsaturated/α-hetero) is 1. The molecular formula is C41H48IrNO2-. The summed E-state index contributed by atoms with van der Waals surface area (Å²) in [6, 6.07) is 27.9. The van der Waals surface area contributed by atoms with E-state index in [1.165, 1.54) is 43.4 Å². The van der Waals surface area contributed by atoms with E-state index in [9.17, 15) is 9.90 Å². The molecule has 239 valence electrons. The summed E-state index contributed by atoms with van der Waals surface area (Å²) >= 11 is 0. The smallest absolute Gasteiger partial charge is 0.167 e. The van der Waals surface area contributed by atoms with E-state index >= 15 is 0 Å². The van der Waals surface area contributed by atoms with Crippen molar-refractivity contribution in [3.63, 3.8) is 0 Å². The third-order valence-electron chi connectivity index (χ3n) is 8.21. The molecule has 4 aromatic carbocycles. The van der Waals surface area contributed by atoms with Gasteiger partial charge in [-0.05, 0) is 62.8 Å². The number of ketones is 1. The number of hydrogen-bond acceptors (Lipinski definition) is 3. The molecular weight excluding hydrogens is 731 g/mol. The predicted octanol–water partition coefficient (Wildman–Crippen LogP) is 11.7. The number of aliphatic hydroxyl groups excluding tert-OH is 1. The van der Waals surface area contributed by atoms with Crippen LogP contribution < -0.4 is 0 Å². The molecule has 1 radical (unpaired) electrons. The fourth-order valence-electron chi connectivity index (χ4n) is 5.59. The molecule has 4 heteroatoms. The number of pyridine rings is 1. The fourth-order valence-corrected chi connectivity index (χ4v) is 5.59. The van der Waals surface area contributed by atoms with Crippen molar-refractivity contribution < 1.29 is 30.0 Å². The Hall–Kier alpha value is -3.33. The molecule has 0 spiro atoms. The van der Waals surface area contributed by atoms with Crippen LogP contribution in [-0.2, 0) is 24.9 Å². The largest absolute Gasteiger partial charge is 0.511 e. The zero-order chi connectivity index (χ0) is 32.6. The number of aromatic nitrogens is 1. The molecule has 0 aliphatic heterocycles. The molecule has 0 fully saturated rings.